The fraction of sp³-hybridized carbons (Fsp3) is 0.600. The maximum atomic E-state index is 11.3. The molecule has 0 fully saturated rings. The number of anilines is 1. The van der Waals surface area contributed by atoms with Crippen molar-refractivity contribution < 1.29 is 27.7 Å². The third-order valence-electron chi connectivity index (χ3n) is 4.00. The van der Waals surface area contributed by atoms with Gasteiger partial charge in [-0.1, -0.05) is 0 Å². The van der Waals surface area contributed by atoms with E-state index in [0.29, 0.717) is 29.7 Å². The van der Waals surface area contributed by atoms with Gasteiger partial charge in [0.25, 0.3) is 0 Å². The van der Waals surface area contributed by atoms with Crippen molar-refractivity contribution in [3.05, 3.63) is 27.8 Å². The SMILES string of the molecule is COc1cc(COCCCC[Si](OC)(OC)OC)c([N+](=O)[O-])cc1[NH][Rf]. The second-order valence-corrected chi connectivity index (χ2v) is 10.1. The molecular weight excluding hydrogens is 615 g/mol. The van der Waals surface area contributed by atoms with Crippen LogP contribution in [0.25, 0.3) is 0 Å². The Labute approximate surface area is 148 Å². The van der Waals surface area contributed by atoms with Gasteiger partial charge in [0, 0.05) is 21.3 Å². The Morgan fingerprint density at radius 3 is 2.31 bits per heavy atom. The summed E-state index contributed by atoms with van der Waals surface area (Å²) >= 11 is 0. The molecule has 0 aliphatic rings. The van der Waals surface area contributed by atoms with Gasteiger partial charge in [0.2, 0.25) is 0 Å². The monoisotopic (exact) mass is 640 g/mol. The number of nitro benzene ring substituents is 1. The van der Waals surface area contributed by atoms with Crippen molar-refractivity contribution in [2.75, 3.05) is 40.8 Å². The van der Waals surface area contributed by atoms with Gasteiger partial charge in [-0.3, -0.25) is 0 Å². The zero-order valence-corrected chi connectivity index (χ0v) is 23.1. The van der Waals surface area contributed by atoms with Gasteiger partial charge in [-0.2, -0.15) is 0 Å². The number of hydrogen-bond donors (Lipinski definition) is 1. The first kappa shape index (κ1) is 21.3. The number of ether oxygens (including phenoxy) is 2. The minimum atomic E-state index is -2.55. The van der Waals surface area contributed by atoms with Gasteiger partial charge < -0.3 is 13.3 Å². The number of unbranched alkanes of at least 4 members (excludes halogenated alkanes) is 1. The van der Waals surface area contributed by atoms with Gasteiger partial charge in [0.1, 0.15) is 0 Å². The van der Waals surface area contributed by atoms with Crippen LogP contribution in [0.4, 0.5) is 11.4 Å². The van der Waals surface area contributed by atoms with E-state index in [9.17, 15) is 10.1 Å². The van der Waals surface area contributed by atoms with E-state index in [1.807, 2.05) is 0 Å². The molecule has 1 N–H and O–H groups in total. The van der Waals surface area contributed by atoms with Crippen molar-refractivity contribution in [2.24, 2.45) is 0 Å². The maximum absolute atomic E-state index is 11.3. The number of benzene rings is 1. The summed E-state index contributed by atoms with van der Waals surface area (Å²) in [5, 5.41) is 11.3. The third-order valence-corrected chi connectivity index (χ3v) is 8.56. The Balaban J connectivity index is 2.58. The van der Waals surface area contributed by atoms with Crippen LogP contribution in [-0.2, 0) is 24.6 Å². The molecule has 0 aromatic heterocycles. The number of nitro groups is 1. The van der Waals surface area contributed by atoms with Gasteiger partial charge in [0.15, 0.2) is 0 Å². The van der Waals surface area contributed by atoms with E-state index in [4.69, 9.17) is 22.8 Å². The quantitative estimate of drug-likeness (QED) is 0.152. The van der Waals surface area contributed by atoms with Crippen LogP contribution in [0, 0.1) is 10.1 Å². The van der Waals surface area contributed by atoms with E-state index in [1.54, 1.807) is 34.5 Å². The van der Waals surface area contributed by atoms with Crippen LogP contribution < -0.4 is 10.5 Å². The molecule has 9 nitrogen and oxygen atoms in total. The van der Waals surface area contributed by atoms with Crippen molar-refractivity contribution in [3.8, 4) is 5.75 Å². The van der Waals surface area contributed by atoms with Crippen molar-refractivity contribution >= 4 is 20.2 Å². The number of nitrogens with one attached hydrogen (secondary N) is 1. The van der Waals surface area contributed by atoms with Crippen LogP contribution in [0.2, 0.25) is 6.04 Å². The Kier molecular flexibility index (Phi) is 8.45. The van der Waals surface area contributed by atoms with Crippen molar-refractivity contribution in [1.82, 2.24) is 0 Å². The Bertz CT molecular complexity index is 579. The van der Waals surface area contributed by atoms with Crippen LogP contribution in [0.15, 0.2) is 12.1 Å². The molecule has 1 rings (SSSR count). The van der Waals surface area contributed by atoms with Crippen LogP contribution in [0.3, 0.4) is 0 Å². The van der Waals surface area contributed by atoms with E-state index in [1.165, 1.54) is 6.07 Å². The average molecular weight is 640 g/mol. The molecule has 0 unspecified atom stereocenters. The molecule has 0 saturated carbocycles. The first-order valence-corrected chi connectivity index (χ1v) is 13.2. The van der Waals surface area contributed by atoms with Crippen molar-refractivity contribution in [2.45, 2.75) is 25.5 Å². The molecule has 1 aromatic rings. The second kappa shape index (κ2) is 10.3. The first-order chi connectivity index (χ1) is 12.5. The Morgan fingerprint density at radius 1 is 1.15 bits per heavy atom. The molecule has 0 aliphatic carbocycles. The van der Waals surface area contributed by atoms with Crippen LogP contribution >= 0.6 is 0 Å². The topological polar surface area (TPSA) is 101 Å². The summed E-state index contributed by atoms with van der Waals surface area (Å²) in [6, 6.07) is 3.86. The minimum absolute atomic E-state index is 0.0332. The predicted octanol–water partition coefficient (Wildman–Crippen LogP) is 2.65. The Hall–Kier alpha value is -2.72. The molecule has 0 atom stereocenters. The summed E-state index contributed by atoms with van der Waals surface area (Å²) < 4.78 is 27.1. The second-order valence-electron chi connectivity index (χ2n) is 5.42. The molecule has 26 heavy (non-hydrogen) atoms. The molecule has 0 heterocycles. The van der Waals surface area contributed by atoms with Gasteiger partial charge in [-0.25, -0.2) is 0 Å². The molecule has 11 heteroatoms. The van der Waals surface area contributed by atoms with Gasteiger partial charge >= 0.3 is 113 Å². The van der Waals surface area contributed by atoms with E-state index >= 15 is 0 Å². The predicted molar refractivity (Wildman–Crippen MR) is 93.7 cm³/mol. The zero-order valence-electron chi connectivity index (χ0n) is 15.7. The summed E-state index contributed by atoms with van der Waals surface area (Å²) in [6.45, 7) is 0.632. The molecule has 0 aliphatic heterocycles. The first-order valence-electron chi connectivity index (χ1n) is 8.08. The molecule has 143 valence electrons. The average Bonchev–Trinajstić information content (AvgIpc) is 2.67. The summed E-state index contributed by atoms with van der Waals surface area (Å²) in [7, 11) is 3.74. The van der Waals surface area contributed by atoms with Crippen LogP contribution in [0.1, 0.15) is 18.4 Å². The summed E-state index contributed by atoms with van der Waals surface area (Å²) in [4.78, 5) is 10.9. The molecule has 0 bridgehead atoms. The van der Waals surface area contributed by atoms with Gasteiger partial charge in [-0.15, -0.1) is 0 Å². The summed E-state index contributed by atoms with van der Waals surface area (Å²) in [6.07, 6.45) is 1.59. The standard InChI is InChI=1S/C15H25N2O7Si.Rf/c1-20-15-9-12(14(17(18)19)10-13(15)16)11-24-7-5-6-8-25(21-2,22-3)23-4;/h9-10,16H,5-8,11H2,1-4H3;/q-1;+1. The van der Waals surface area contributed by atoms with E-state index in [2.05, 4.69) is 5.73 Å². The van der Waals surface area contributed by atoms with Crippen molar-refractivity contribution in [1.29, 1.82) is 0 Å². The fourth-order valence-corrected chi connectivity index (χ4v) is 5.53. The molecular formula is C15H25N2O7RfSi. The van der Waals surface area contributed by atoms with Crippen molar-refractivity contribution in [3.63, 3.8) is 0 Å². The van der Waals surface area contributed by atoms with E-state index < -0.39 is 13.7 Å². The summed E-state index contributed by atoms with van der Waals surface area (Å²) in [5.74, 6) is 0.587. The fourth-order valence-electron chi connectivity index (χ4n) is 2.49. The van der Waals surface area contributed by atoms with E-state index in [-0.39, 0.29) is 12.3 Å². The number of rotatable bonds is 13. The normalized spacial score (nSPS) is 11.5. The molecule has 1 aromatic carbocycles. The number of hydrogen-bond acceptors (Lipinski definition) is 8. The molecule has 0 saturated heterocycles. The van der Waals surface area contributed by atoms with Crippen LogP contribution in [0.5, 0.6) is 5.75 Å². The third kappa shape index (κ3) is 5.39. The molecule has 0 spiro atoms. The van der Waals surface area contributed by atoms with E-state index in [0.717, 1.165) is 12.8 Å². The molecule has 0 radical (unpaired) electrons. The van der Waals surface area contributed by atoms with Gasteiger partial charge in [0.05, 0.1) is 0 Å². The molecule has 0 amide bonds. The number of methoxy groups -OCH3 is 1. The van der Waals surface area contributed by atoms with Crippen LogP contribution in [-0.4, -0.2) is 48.8 Å². The zero-order chi connectivity index (χ0) is 19.6. The number of nitrogens with zero attached hydrogens (tertiary/aromatic N) is 1. The summed E-state index contributed by atoms with van der Waals surface area (Å²) in [5.41, 5.74) is 4.27. The Morgan fingerprint density at radius 2 is 1.81 bits per heavy atom. The van der Waals surface area contributed by atoms with Gasteiger partial charge in [-0.05, 0) is 0 Å².